The summed E-state index contributed by atoms with van der Waals surface area (Å²) >= 11 is 0. The van der Waals surface area contributed by atoms with E-state index in [4.69, 9.17) is 4.74 Å². The maximum absolute atomic E-state index is 10.3. The maximum atomic E-state index is 10.3. The first-order chi connectivity index (χ1) is 14.3. The van der Waals surface area contributed by atoms with Gasteiger partial charge in [0.1, 0.15) is 0 Å². The van der Waals surface area contributed by atoms with Crippen molar-refractivity contribution in [2.24, 2.45) is 35.0 Å². The summed E-state index contributed by atoms with van der Waals surface area (Å²) in [6.45, 7) is 10.9. The first kappa shape index (κ1) is 20.0. The van der Waals surface area contributed by atoms with E-state index in [1.54, 1.807) is 16.7 Å². The van der Waals surface area contributed by atoms with Crippen LogP contribution in [0.4, 0.5) is 0 Å². The summed E-state index contributed by atoms with van der Waals surface area (Å²) in [7, 11) is 0. The number of aliphatic hydroxyl groups is 1. The monoisotopic (exact) mass is 411 g/mol. The second-order valence-electron chi connectivity index (χ2n) is 12.2. The molecule has 2 unspecified atom stereocenters. The fourth-order valence-corrected chi connectivity index (χ4v) is 9.09. The molecule has 0 aromatic carbocycles. The van der Waals surface area contributed by atoms with Gasteiger partial charge in [0.2, 0.25) is 0 Å². The van der Waals surface area contributed by atoms with Gasteiger partial charge in [-0.3, -0.25) is 0 Å². The van der Waals surface area contributed by atoms with Gasteiger partial charge in [0, 0.05) is 12.0 Å². The first-order valence-corrected chi connectivity index (χ1v) is 12.8. The average molecular weight is 412 g/mol. The number of aliphatic hydroxyl groups excluding tert-OH is 1. The lowest BCUT2D eigenvalue weighted by Crippen LogP contribution is -2.49. The lowest BCUT2D eigenvalue weighted by atomic mass is 9.56. The highest BCUT2D eigenvalue weighted by Crippen LogP contribution is 2.65. The van der Waals surface area contributed by atoms with Crippen LogP contribution in [0.5, 0.6) is 0 Å². The molecule has 10 atom stereocenters. The van der Waals surface area contributed by atoms with Crippen molar-refractivity contribution in [3.05, 3.63) is 22.8 Å². The fourth-order valence-electron chi connectivity index (χ4n) is 9.09. The molecule has 0 bridgehead atoms. The number of rotatable bonds is 0. The van der Waals surface area contributed by atoms with Gasteiger partial charge in [0.15, 0.2) is 0 Å². The molecule has 4 fully saturated rings. The number of nitrogens with one attached hydrogen (secondary N) is 1. The Labute approximate surface area is 182 Å². The SMILES string of the molecule is CC1=C2C[C@H]3[C@@H](CC=C4C[C@@H](O)CC[C@@]43C)[C@@H]2CCC12O[C@@H]1C[C@H](C)CN[C@H]1C2C. The van der Waals surface area contributed by atoms with E-state index in [0.29, 0.717) is 23.5 Å². The lowest BCUT2D eigenvalue weighted by Gasteiger charge is -2.49. The Bertz CT molecular complexity index is 801. The minimum absolute atomic E-state index is 0.0222. The van der Waals surface area contributed by atoms with Gasteiger partial charge in [0.05, 0.1) is 17.8 Å². The second kappa shape index (κ2) is 6.68. The topological polar surface area (TPSA) is 41.5 Å². The first-order valence-electron chi connectivity index (χ1n) is 12.8. The van der Waals surface area contributed by atoms with E-state index in [-0.39, 0.29) is 11.7 Å². The third-order valence-electron chi connectivity index (χ3n) is 10.9. The minimum atomic E-state index is -0.111. The highest BCUT2D eigenvalue weighted by molar-refractivity contribution is 5.38. The molecule has 1 spiro atoms. The van der Waals surface area contributed by atoms with Crippen LogP contribution in [0.3, 0.4) is 0 Å². The molecule has 3 nitrogen and oxygen atoms in total. The summed E-state index contributed by atoms with van der Waals surface area (Å²) in [5.74, 6) is 3.64. The number of piperidine rings is 1. The zero-order chi connectivity index (χ0) is 20.8. The molecule has 4 aliphatic carbocycles. The smallest absolute Gasteiger partial charge is 0.0937 e. The van der Waals surface area contributed by atoms with Crippen LogP contribution < -0.4 is 5.32 Å². The molecule has 2 saturated heterocycles. The summed E-state index contributed by atoms with van der Waals surface area (Å²) in [4.78, 5) is 0. The standard InChI is InChI=1S/C27H41NO2/c1-15-11-24-25(28-14-15)17(3)27(30-24)10-8-20-21-6-5-18-12-19(29)7-9-26(18,4)23(21)13-22(20)16(27)2/h5,15,17,19-21,23-25,28-29H,6-14H2,1-4H3/t15-,17?,19-,20-,21-,23-,24+,25-,26-,27?/m0/s1. The molecule has 166 valence electrons. The van der Waals surface area contributed by atoms with Gasteiger partial charge in [-0.05, 0) is 99.5 Å². The number of hydrogen-bond acceptors (Lipinski definition) is 3. The molecule has 0 aromatic heterocycles. The van der Waals surface area contributed by atoms with Crippen molar-refractivity contribution in [1.29, 1.82) is 0 Å². The van der Waals surface area contributed by atoms with Crippen LogP contribution in [0.15, 0.2) is 22.8 Å². The fraction of sp³-hybridized carbons (Fsp3) is 0.852. The van der Waals surface area contributed by atoms with Crippen LogP contribution in [0, 0.1) is 35.0 Å². The van der Waals surface area contributed by atoms with Crippen LogP contribution in [0.25, 0.3) is 0 Å². The van der Waals surface area contributed by atoms with Crippen molar-refractivity contribution in [1.82, 2.24) is 5.32 Å². The normalized spacial score (nSPS) is 55.0. The van der Waals surface area contributed by atoms with Crippen LogP contribution in [-0.2, 0) is 4.74 Å². The van der Waals surface area contributed by atoms with Crippen LogP contribution >= 0.6 is 0 Å². The molecule has 0 radical (unpaired) electrons. The number of allylic oxidation sites excluding steroid dienone is 2. The van der Waals surface area contributed by atoms with Gasteiger partial charge in [0.25, 0.3) is 0 Å². The molecular formula is C27H41NO2. The van der Waals surface area contributed by atoms with Crippen molar-refractivity contribution in [3.8, 4) is 0 Å². The lowest BCUT2D eigenvalue weighted by molar-refractivity contribution is -0.0549. The molecule has 6 rings (SSSR count). The Morgan fingerprint density at radius 1 is 1.17 bits per heavy atom. The van der Waals surface area contributed by atoms with Crippen molar-refractivity contribution in [2.75, 3.05) is 6.54 Å². The summed E-state index contributed by atoms with van der Waals surface area (Å²) in [6, 6.07) is 0.530. The largest absolute Gasteiger partial charge is 0.393 e. The molecule has 6 aliphatic rings. The number of hydrogen-bond donors (Lipinski definition) is 2. The third kappa shape index (κ3) is 2.55. The van der Waals surface area contributed by atoms with Crippen molar-refractivity contribution < 1.29 is 9.84 Å². The molecule has 2 heterocycles. The molecule has 3 heteroatoms. The van der Waals surface area contributed by atoms with Gasteiger partial charge in [-0.15, -0.1) is 0 Å². The van der Waals surface area contributed by atoms with Gasteiger partial charge < -0.3 is 15.2 Å². The summed E-state index contributed by atoms with van der Waals surface area (Å²) < 4.78 is 7.03. The predicted molar refractivity (Wildman–Crippen MR) is 120 cm³/mol. The molecule has 30 heavy (non-hydrogen) atoms. The Hall–Kier alpha value is -0.640. The van der Waals surface area contributed by atoms with Crippen LogP contribution in [0.1, 0.15) is 79.1 Å². The Balaban J connectivity index is 1.34. The quantitative estimate of drug-likeness (QED) is 0.551. The molecular weight excluding hydrogens is 370 g/mol. The number of fused-ring (bicyclic) bond motifs is 6. The second-order valence-corrected chi connectivity index (χ2v) is 12.2. The van der Waals surface area contributed by atoms with Crippen LogP contribution in [-0.4, -0.2) is 35.5 Å². The van der Waals surface area contributed by atoms with Gasteiger partial charge in [-0.25, -0.2) is 0 Å². The average Bonchev–Trinajstić information content (AvgIpc) is 3.23. The van der Waals surface area contributed by atoms with E-state index in [9.17, 15) is 5.11 Å². The van der Waals surface area contributed by atoms with Crippen molar-refractivity contribution >= 4 is 0 Å². The predicted octanol–water partition coefficient (Wildman–Crippen LogP) is 5.00. The highest BCUT2D eigenvalue weighted by atomic mass is 16.5. The minimum Gasteiger partial charge on any atom is -0.393 e. The van der Waals surface area contributed by atoms with Gasteiger partial charge >= 0.3 is 0 Å². The van der Waals surface area contributed by atoms with E-state index in [0.717, 1.165) is 43.1 Å². The van der Waals surface area contributed by atoms with Crippen molar-refractivity contribution in [2.45, 2.75) is 103 Å². The zero-order valence-electron chi connectivity index (χ0n) is 19.4. The molecule has 2 saturated carbocycles. The molecule has 0 aromatic rings. The molecule has 2 N–H and O–H groups in total. The van der Waals surface area contributed by atoms with E-state index in [2.05, 4.69) is 39.1 Å². The van der Waals surface area contributed by atoms with Crippen molar-refractivity contribution in [3.63, 3.8) is 0 Å². The number of ether oxygens (including phenoxy) is 1. The Morgan fingerprint density at radius 2 is 2.00 bits per heavy atom. The molecule has 0 amide bonds. The summed E-state index contributed by atoms with van der Waals surface area (Å²) in [6.07, 6.45) is 12.2. The van der Waals surface area contributed by atoms with Gasteiger partial charge in [-0.2, -0.15) is 0 Å². The summed E-state index contributed by atoms with van der Waals surface area (Å²) in [5, 5.41) is 14.1. The molecule has 2 aliphatic heterocycles. The third-order valence-corrected chi connectivity index (χ3v) is 10.9. The van der Waals surface area contributed by atoms with Crippen LogP contribution in [0.2, 0.25) is 0 Å². The Kier molecular flexibility index (Phi) is 4.46. The van der Waals surface area contributed by atoms with E-state index in [1.165, 1.54) is 38.5 Å². The Morgan fingerprint density at radius 3 is 2.83 bits per heavy atom. The van der Waals surface area contributed by atoms with E-state index in [1.807, 2.05) is 0 Å². The zero-order valence-corrected chi connectivity index (χ0v) is 19.4. The van der Waals surface area contributed by atoms with Gasteiger partial charge in [-0.1, -0.05) is 38.0 Å². The van der Waals surface area contributed by atoms with E-state index >= 15 is 0 Å². The maximum Gasteiger partial charge on any atom is 0.0937 e. The summed E-state index contributed by atoms with van der Waals surface area (Å²) in [5.41, 5.74) is 5.25. The van der Waals surface area contributed by atoms with E-state index < -0.39 is 0 Å². The highest BCUT2D eigenvalue weighted by Gasteiger charge is 2.60.